The highest BCUT2D eigenvalue weighted by Crippen LogP contribution is 2.37. The topological polar surface area (TPSA) is 95.8 Å². The van der Waals surface area contributed by atoms with Crippen LogP contribution >= 0.6 is 11.3 Å². The summed E-state index contributed by atoms with van der Waals surface area (Å²) in [7, 11) is 0. The smallest absolute Gasteiger partial charge is 0.335 e. The van der Waals surface area contributed by atoms with Gasteiger partial charge in [-0.15, -0.1) is 10.2 Å². The van der Waals surface area contributed by atoms with Crippen LogP contribution in [0.1, 0.15) is 66.5 Å². The zero-order chi connectivity index (χ0) is 22.8. The van der Waals surface area contributed by atoms with Crippen LogP contribution in [0.4, 0.5) is 0 Å². The zero-order valence-electron chi connectivity index (χ0n) is 18.4. The first-order valence-electron chi connectivity index (χ1n) is 10.8. The van der Waals surface area contributed by atoms with E-state index in [2.05, 4.69) is 24.0 Å². The number of benzene rings is 2. The highest BCUT2D eigenvalue weighted by Gasteiger charge is 2.29. The van der Waals surface area contributed by atoms with Crippen LogP contribution in [0.3, 0.4) is 0 Å². The Hall–Kier alpha value is -2.81. The summed E-state index contributed by atoms with van der Waals surface area (Å²) in [5, 5.41) is 30.1. The highest BCUT2D eigenvalue weighted by molar-refractivity contribution is 7.14. The zero-order valence-corrected chi connectivity index (χ0v) is 19.2. The Morgan fingerprint density at radius 2 is 1.91 bits per heavy atom. The number of aliphatic hydroxyl groups excluding tert-OH is 1. The third kappa shape index (κ3) is 4.67. The Balaban J connectivity index is 1.60. The van der Waals surface area contributed by atoms with Crippen LogP contribution in [-0.2, 0) is 0 Å². The van der Waals surface area contributed by atoms with Crippen LogP contribution in [0.5, 0.6) is 11.5 Å². The van der Waals surface area contributed by atoms with Crippen LogP contribution in [0.15, 0.2) is 42.5 Å². The molecule has 1 aliphatic heterocycles. The summed E-state index contributed by atoms with van der Waals surface area (Å²) >= 11 is 1.57. The molecule has 7 nitrogen and oxygen atoms in total. The molecule has 0 spiro atoms. The molecule has 8 heteroatoms. The van der Waals surface area contributed by atoms with Gasteiger partial charge in [0.2, 0.25) is 0 Å². The monoisotopic (exact) mass is 453 g/mol. The number of hydrogen-bond donors (Lipinski definition) is 2. The fraction of sp³-hybridized carbons (Fsp3) is 0.375. The van der Waals surface area contributed by atoms with E-state index in [1.165, 1.54) is 0 Å². The maximum atomic E-state index is 11.5. The molecule has 2 aromatic carbocycles. The predicted molar refractivity (Wildman–Crippen MR) is 123 cm³/mol. The third-order valence-electron chi connectivity index (χ3n) is 5.73. The van der Waals surface area contributed by atoms with E-state index in [0.717, 1.165) is 40.5 Å². The maximum Gasteiger partial charge on any atom is 0.335 e. The summed E-state index contributed by atoms with van der Waals surface area (Å²) in [6.07, 6.45) is 1.17. The molecule has 2 heterocycles. The molecule has 32 heavy (non-hydrogen) atoms. The van der Waals surface area contributed by atoms with Crippen molar-refractivity contribution >= 4 is 17.3 Å². The molecular formula is C24H27N3O4S. The van der Waals surface area contributed by atoms with Gasteiger partial charge < -0.3 is 14.9 Å². The lowest BCUT2D eigenvalue weighted by Crippen LogP contribution is -2.31. The minimum Gasteiger partial charge on any atom is -0.478 e. The average molecular weight is 454 g/mol. The molecule has 1 aliphatic rings. The van der Waals surface area contributed by atoms with Crippen molar-refractivity contribution in [1.82, 2.24) is 15.1 Å². The molecule has 2 unspecified atom stereocenters. The van der Waals surface area contributed by atoms with Gasteiger partial charge in [-0.2, -0.15) is 0 Å². The van der Waals surface area contributed by atoms with E-state index in [-0.39, 0.29) is 11.6 Å². The molecule has 0 aliphatic carbocycles. The molecule has 0 amide bonds. The van der Waals surface area contributed by atoms with E-state index in [4.69, 9.17) is 4.74 Å². The second-order valence-electron chi connectivity index (χ2n) is 8.32. The van der Waals surface area contributed by atoms with Crippen molar-refractivity contribution in [3.05, 3.63) is 58.6 Å². The highest BCUT2D eigenvalue weighted by atomic mass is 32.1. The average Bonchev–Trinajstić information content (AvgIpc) is 3.43. The first-order chi connectivity index (χ1) is 15.3. The molecule has 3 aromatic rings. The van der Waals surface area contributed by atoms with Gasteiger partial charge in [-0.3, -0.25) is 4.90 Å². The fourth-order valence-electron chi connectivity index (χ4n) is 3.88. The van der Waals surface area contributed by atoms with E-state index in [1.807, 2.05) is 36.1 Å². The lowest BCUT2D eigenvalue weighted by molar-refractivity contribution is 0.0122. The third-order valence-corrected chi connectivity index (χ3v) is 7.01. The van der Waals surface area contributed by atoms with E-state index >= 15 is 0 Å². The maximum absolute atomic E-state index is 11.5. The number of rotatable bonds is 7. The minimum absolute atomic E-state index is 0.111. The summed E-state index contributed by atoms with van der Waals surface area (Å²) in [5.74, 6) is 0.394. The molecule has 2 atom stereocenters. The molecule has 2 N–H and O–H groups in total. The van der Waals surface area contributed by atoms with Gasteiger partial charge in [0.1, 0.15) is 27.7 Å². The molecule has 168 valence electrons. The van der Waals surface area contributed by atoms with Crippen LogP contribution in [0, 0.1) is 0 Å². The minimum atomic E-state index is -1.01. The van der Waals surface area contributed by atoms with Gasteiger partial charge in [0.25, 0.3) is 0 Å². The van der Waals surface area contributed by atoms with Crippen LogP contribution in [-0.4, -0.2) is 44.1 Å². The number of likely N-dealkylation sites (tertiary alicyclic amines) is 1. The lowest BCUT2D eigenvalue weighted by Gasteiger charge is -2.29. The molecule has 0 radical (unpaired) electrons. The number of nitrogens with zero attached hydrogens (tertiary/aromatic N) is 3. The van der Waals surface area contributed by atoms with E-state index in [0.29, 0.717) is 17.4 Å². The number of carboxylic acid groups (broad SMARTS) is 1. The van der Waals surface area contributed by atoms with Crippen molar-refractivity contribution in [1.29, 1.82) is 0 Å². The van der Waals surface area contributed by atoms with Gasteiger partial charge in [-0.25, -0.2) is 4.79 Å². The van der Waals surface area contributed by atoms with Crippen molar-refractivity contribution in [2.24, 2.45) is 0 Å². The largest absolute Gasteiger partial charge is 0.478 e. The van der Waals surface area contributed by atoms with E-state index < -0.39 is 12.2 Å². The summed E-state index contributed by atoms with van der Waals surface area (Å²) in [6.45, 7) is 6.97. The summed E-state index contributed by atoms with van der Waals surface area (Å²) in [5.41, 5.74) is 1.95. The fourth-order valence-corrected chi connectivity index (χ4v) is 4.73. The normalized spacial score (nSPS) is 17.6. The number of aliphatic hydroxyl groups is 1. The van der Waals surface area contributed by atoms with Crippen LogP contribution < -0.4 is 4.74 Å². The number of aromatic nitrogens is 2. The van der Waals surface area contributed by atoms with Gasteiger partial charge in [0.15, 0.2) is 0 Å². The number of aromatic carboxylic acids is 1. The van der Waals surface area contributed by atoms with Gasteiger partial charge >= 0.3 is 5.97 Å². The van der Waals surface area contributed by atoms with Crippen molar-refractivity contribution in [3.8, 4) is 22.1 Å². The number of carboxylic acids is 1. The molecule has 0 saturated carbocycles. The van der Waals surface area contributed by atoms with Crippen molar-refractivity contribution in [2.45, 2.75) is 51.8 Å². The Kier molecular flexibility index (Phi) is 6.55. The number of hydrogen-bond acceptors (Lipinski definition) is 7. The molecule has 4 rings (SSSR count). The molecular weight excluding hydrogens is 426 g/mol. The molecule has 1 aromatic heterocycles. The van der Waals surface area contributed by atoms with Crippen molar-refractivity contribution in [2.75, 3.05) is 6.54 Å². The van der Waals surface area contributed by atoms with Gasteiger partial charge in [0.05, 0.1) is 5.56 Å². The Labute approximate surface area is 191 Å². The Morgan fingerprint density at radius 1 is 1.16 bits per heavy atom. The summed E-state index contributed by atoms with van der Waals surface area (Å²) < 4.78 is 6.15. The summed E-state index contributed by atoms with van der Waals surface area (Å²) in [4.78, 5) is 13.5. The van der Waals surface area contributed by atoms with Gasteiger partial charge in [-0.05, 0) is 56.2 Å². The van der Waals surface area contributed by atoms with Crippen LogP contribution in [0.25, 0.3) is 10.6 Å². The van der Waals surface area contributed by atoms with Crippen molar-refractivity contribution in [3.63, 3.8) is 0 Å². The number of ether oxygens (including phenoxy) is 1. The van der Waals surface area contributed by atoms with Crippen LogP contribution in [0.2, 0.25) is 0 Å². The SMILES string of the molecule is CC(C)c1nnc(-c2ccc(Oc3cc(C(=O)O)ccc3C(C)N3CCCC3O)cc2)s1. The predicted octanol–water partition coefficient (Wildman–Crippen LogP) is 5.29. The number of carbonyl (C=O) groups is 1. The van der Waals surface area contributed by atoms with Gasteiger partial charge in [-0.1, -0.05) is 31.3 Å². The quantitative estimate of drug-likeness (QED) is 0.501. The first kappa shape index (κ1) is 22.4. The first-order valence-corrected chi connectivity index (χ1v) is 11.6. The molecule has 0 bridgehead atoms. The molecule has 1 saturated heterocycles. The molecule has 1 fully saturated rings. The summed E-state index contributed by atoms with van der Waals surface area (Å²) in [6, 6.07) is 12.3. The van der Waals surface area contributed by atoms with Gasteiger partial charge in [0, 0.05) is 29.6 Å². The second kappa shape index (κ2) is 9.36. The lowest BCUT2D eigenvalue weighted by atomic mass is 10.0. The van der Waals surface area contributed by atoms with Crippen molar-refractivity contribution < 1.29 is 19.7 Å². The second-order valence-corrected chi connectivity index (χ2v) is 9.33. The Bertz CT molecular complexity index is 1100. The Morgan fingerprint density at radius 3 is 2.50 bits per heavy atom. The van der Waals surface area contributed by atoms with E-state index in [9.17, 15) is 15.0 Å². The standard InChI is InChI=1S/C24H27N3O4S/c1-14(2)22-25-26-23(32-22)16-6-9-18(10-7-16)31-20-13-17(24(29)30)8-11-19(20)15(3)27-12-4-5-21(27)28/h6-11,13-15,21,28H,4-5,12H2,1-3H3,(H,29,30). The van der Waals surface area contributed by atoms with E-state index in [1.54, 1.807) is 29.5 Å².